The molecular weight excluding hydrogens is 168 g/mol. The summed E-state index contributed by atoms with van der Waals surface area (Å²) in [5.74, 6) is 0. The average Bonchev–Trinajstić information content (AvgIpc) is 2.14. The molecule has 0 spiro atoms. The lowest BCUT2D eigenvalue weighted by Gasteiger charge is -2.01. The largest absolute Gasteiger partial charge is 0.0961 e. The zero-order valence-electron chi connectivity index (χ0n) is 8.88. The minimum atomic E-state index is 1.02. The SMILES string of the molecule is C=C(C)/C=C\C(=C)c1cccc(C)c1. The predicted molar refractivity (Wildman–Crippen MR) is 64.2 cm³/mol. The number of aryl methyl sites for hydroxylation is 1. The first-order valence-electron chi connectivity index (χ1n) is 4.69. The van der Waals surface area contributed by atoms with Gasteiger partial charge in [-0.25, -0.2) is 0 Å². The Kier molecular flexibility index (Phi) is 3.47. The van der Waals surface area contributed by atoms with Crippen molar-refractivity contribution >= 4 is 5.57 Å². The normalized spacial score (nSPS) is 10.4. The lowest BCUT2D eigenvalue weighted by atomic mass is 10.0. The van der Waals surface area contributed by atoms with Crippen LogP contribution < -0.4 is 0 Å². The minimum absolute atomic E-state index is 1.02. The molecule has 14 heavy (non-hydrogen) atoms. The molecule has 0 saturated carbocycles. The van der Waals surface area contributed by atoms with E-state index in [9.17, 15) is 0 Å². The third-order valence-electron chi connectivity index (χ3n) is 1.96. The molecule has 0 heteroatoms. The lowest BCUT2D eigenvalue weighted by Crippen LogP contribution is -1.80. The smallest absolute Gasteiger partial charge is 0.0187 e. The summed E-state index contributed by atoms with van der Waals surface area (Å²) in [6.45, 7) is 11.9. The van der Waals surface area contributed by atoms with Gasteiger partial charge in [0.05, 0.1) is 0 Å². The first-order valence-corrected chi connectivity index (χ1v) is 4.69. The second kappa shape index (κ2) is 4.61. The molecule has 0 heterocycles. The van der Waals surface area contributed by atoms with Gasteiger partial charge in [0.15, 0.2) is 0 Å². The number of rotatable bonds is 3. The van der Waals surface area contributed by atoms with Crippen LogP contribution in [0.2, 0.25) is 0 Å². The molecule has 0 radical (unpaired) electrons. The van der Waals surface area contributed by atoms with E-state index in [1.807, 2.05) is 25.1 Å². The van der Waals surface area contributed by atoms with Gasteiger partial charge in [-0.05, 0) is 25.0 Å². The Bertz CT molecular complexity index is 381. The van der Waals surface area contributed by atoms with Crippen molar-refractivity contribution in [2.45, 2.75) is 13.8 Å². The standard InChI is InChI=1S/C14H16/c1-11(2)8-9-13(4)14-7-5-6-12(3)10-14/h5-10H,1,4H2,2-3H3/b9-8-. The Morgan fingerprint density at radius 2 is 1.93 bits per heavy atom. The molecule has 0 N–H and O–H groups in total. The highest BCUT2D eigenvalue weighted by Crippen LogP contribution is 2.15. The minimum Gasteiger partial charge on any atom is -0.0961 e. The van der Waals surface area contributed by atoms with E-state index in [1.165, 1.54) is 11.1 Å². The third kappa shape index (κ3) is 3.06. The van der Waals surface area contributed by atoms with E-state index < -0.39 is 0 Å². The van der Waals surface area contributed by atoms with Crippen LogP contribution in [0.15, 0.2) is 55.1 Å². The van der Waals surface area contributed by atoms with Crippen LogP contribution in [0, 0.1) is 6.92 Å². The highest BCUT2D eigenvalue weighted by atomic mass is 14.0. The van der Waals surface area contributed by atoms with E-state index in [0.29, 0.717) is 0 Å². The van der Waals surface area contributed by atoms with E-state index in [0.717, 1.165) is 11.1 Å². The fourth-order valence-electron chi connectivity index (χ4n) is 1.18. The van der Waals surface area contributed by atoms with Crippen LogP contribution in [-0.4, -0.2) is 0 Å². The van der Waals surface area contributed by atoms with Crippen molar-refractivity contribution in [1.29, 1.82) is 0 Å². The summed E-state index contributed by atoms with van der Waals surface area (Å²) in [6.07, 6.45) is 3.97. The van der Waals surface area contributed by atoms with Crippen molar-refractivity contribution in [1.82, 2.24) is 0 Å². The summed E-state index contributed by atoms with van der Waals surface area (Å²) >= 11 is 0. The molecule has 72 valence electrons. The van der Waals surface area contributed by atoms with Crippen molar-refractivity contribution < 1.29 is 0 Å². The monoisotopic (exact) mass is 184 g/mol. The molecule has 0 saturated heterocycles. The fraction of sp³-hybridized carbons (Fsp3) is 0.143. The summed E-state index contributed by atoms with van der Waals surface area (Å²) in [5.41, 5.74) is 4.49. The highest BCUT2D eigenvalue weighted by Gasteiger charge is 1.94. The zero-order valence-corrected chi connectivity index (χ0v) is 8.88. The molecule has 1 aromatic carbocycles. The van der Waals surface area contributed by atoms with Gasteiger partial charge in [-0.15, -0.1) is 0 Å². The maximum Gasteiger partial charge on any atom is -0.0187 e. The molecule has 0 fully saturated rings. The van der Waals surface area contributed by atoms with Gasteiger partial charge < -0.3 is 0 Å². The van der Waals surface area contributed by atoms with Crippen LogP contribution in [0.4, 0.5) is 0 Å². The van der Waals surface area contributed by atoms with Crippen LogP contribution in [0.5, 0.6) is 0 Å². The molecule has 0 atom stereocenters. The van der Waals surface area contributed by atoms with Crippen LogP contribution in [0.1, 0.15) is 18.1 Å². The van der Waals surface area contributed by atoms with Crippen molar-refractivity contribution in [2.75, 3.05) is 0 Å². The molecule has 0 aliphatic carbocycles. The molecule has 0 aromatic heterocycles. The molecule has 1 aromatic rings. The van der Waals surface area contributed by atoms with Gasteiger partial charge in [0, 0.05) is 0 Å². The van der Waals surface area contributed by atoms with Gasteiger partial charge in [-0.1, -0.05) is 60.7 Å². The summed E-state index contributed by atoms with van der Waals surface area (Å²) < 4.78 is 0. The summed E-state index contributed by atoms with van der Waals surface area (Å²) in [5, 5.41) is 0. The summed E-state index contributed by atoms with van der Waals surface area (Å²) in [6, 6.07) is 8.33. The average molecular weight is 184 g/mol. The third-order valence-corrected chi connectivity index (χ3v) is 1.96. The Balaban J connectivity index is 2.85. The maximum atomic E-state index is 4.01. The lowest BCUT2D eigenvalue weighted by molar-refractivity contribution is 1.45. The maximum absolute atomic E-state index is 4.01. The molecule has 0 aliphatic rings. The Morgan fingerprint density at radius 1 is 1.21 bits per heavy atom. The highest BCUT2D eigenvalue weighted by molar-refractivity contribution is 5.72. The van der Waals surface area contributed by atoms with Gasteiger partial charge in [0.2, 0.25) is 0 Å². The number of hydrogen-bond acceptors (Lipinski definition) is 0. The molecule has 0 nitrogen and oxygen atoms in total. The van der Waals surface area contributed by atoms with E-state index in [2.05, 4.69) is 38.3 Å². The Morgan fingerprint density at radius 3 is 2.50 bits per heavy atom. The van der Waals surface area contributed by atoms with Gasteiger partial charge in [-0.2, -0.15) is 0 Å². The first-order chi connectivity index (χ1) is 6.59. The van der Waals surface area contributed by atoms with E-state index in [1.54, 1.807) is 0 Å². The van der Waals surface area contributed by atoms with Crippen LogP contribution in [0.25, 0.3) is 5.57 Å². The van der Waals surface area contributed by atoms with E-state index in [4.69, 9.17) is 0 Å². The van der Waals surface area contributed by atoms with E-state index in [-0.39, 0.29) is 0 Å². The molecule has 1 rings (SSSR count). The summed E-state index contributed by atoms with van der Waals surface area (Å²) in [4.78, 5) is 0. The molecule has 0 unspecified atom stereocenters. The molecule has 0 amide bonds. The van der Waals surface area contributed by atoms with Gasteiger partial charge in [0.25, 0.3) is 0 Å². The quantitative estimate of drug-likeness (QED) is 0.619. The van der Waals surface area contributed by atoms with Crippen molar-refractivity contribution in [3.8, 4) is 0 Å². The van der Waals surface area contributed by atoms with E-state index >= 15 is 0 Å². The second-order valence-electron chi connectivity index (χ2n) is 3.57. The summed E-state index contributed by atoms with van der Waals surface area (Å²) in [7, 11) is 0. The predicted octanol–water partition coefficient (Wildman–Crippen LogP) is 4.14. The van der Waals surface area contributed by atoms with Crippen LogP contribution in [0.3, 0.4) is 0 Å². The number of allylic oxidation sites excluding steroid dienone is 4. The van der Waals surface area contributed by atoms with Crippen LogP contribution in [-0.2, 0) is 0 Å². The first kappa shape index (κ1) is 10.5. The van der Waals surface area contributed by atoms with Gasteiger partial charge in [0.1, 0.15) is 0 Å². The van der Waals surface area contributed by atoms with Crippen LogP contribution >= 0.6 is 0 Å². The second-order valence-corrected chi connectivity index (χ2v) is 3.57. The topological polar surface area (TPSA) is 0 Å². The Labute approximate surface area is 86.3 Å². The number of benzene rings is 1. The molecular formula is C14H16. The zero-order chi connectivity index (χ0) is 10.6. The number of hydrogen-bond donors (Lipinski definition) is 0. The van der Waals surface area contributed by atoms with Crippen molar-refractivity contribution in [3.63, 3.8) is 0 Å². The van der Waals surface area contributed by atoms with Gasteiger partial charge >= 0.3 is 0 Å². The van der Waals surface area contributed by atoms with Crippen molar-refractivity contribution in [2.24, 2.45) is 0 Å². The van der Waals surface area contributed by atoms with Gasteiger partial charge in [-0.3, -0.25) is 0 Å². The molecule has 0 aliphatic heterocycles. The van der Waals surface area contributed by atoms with Crippen molar-refractivity contribution in [3.05, 3.63) is 66.3 Å². The fourth-order valence-corrected chi connectivity index (χ4v) is 1.18. The Hall–Kier alpha value is -1.56. The molecule has 0 bridgehead atoms.